The summed E-state index contributed by atoms with van der Waals surface area (Å²) in [6.07, 6.45) is 6.51. The van der Waals surface area contributed by atoms with Gasteiger partial charge >= 0.3 is 0 Å². The van der Waals surface area contributed by atoms with Gasteiger partial charge in [-0.05, 0) is 38.7 Å². The monoisotopic (exact) mass is 258 g/mol. The standard InChI is InChI=1S/C14H18N4O/c1-9-6-10(2)18(17-9)8-14(19)16-15-13-7-11-4-3-5-12(11)13/h3-4,6,11-12H,5,7-8H2,1-2H3,(H,16,19)/b15-13-. The molecule has 1 heterocycles. The molecule has 5 heteroatoms. The fraction of sp³-hybridized carbons (Fsp3) is 0.500. The molecule has 19 heavy (non-hydrogen) atoms. The minimum Gasteiger partial charge on any atom is -0.271 e. The first-order valence-corrected chi connectivity index (χ1v) is 6.66. The number of fused-ring (bicyclic) bond motifs is 1. The predicted octanol–water partition coefficient (Wildman–Crippen LogP) is 1.57. The van der Waals surface area contributed by atoms with E-state index in [1.165, 1.54) is 0 Å². The van der Waals surface area contributed by atoms with Crippen LogP contribution in [0.5, 0.6) is 0 Å². The summed E-state index contributed by atoms with van der Waals surface area (Å²) in [6, 6.07) is 1.96. The summed E-state index contributed by atoms with van der Waals surface area (Å²) in [5, 5.41) is 8.50. The van der Waals surface area contributed by atoms with Crippen molar-refractivity contribution in [2.24, 2.45) is 16.9 Å². The van der Waals surface area contributed by atoms with E-state index in [1.807, 2.05) is 19.9 Å². The maximum absolute atomic E-state index is 11.8. The Morgan fingerprint density at radius 1 is 1.58 bits per heavy atom. The number of carbonyl (C=O) groups is 1. The number of nitrogens with one attached hydrogen (secondary N) is 1. The Kier molecular flexibility index (Phi) is 2.97. The van der Waals surface area contributed by atoms with Crippen LogP contribution in [0.15, 0.2) is 23.3 Å². The number of hydrogen-bond donors (Lipinski definition) is 1. The largest absolute Gasteiger partial charge is 0.271 e. The lowest BCUT2D eigenvalue weighted by atomic mass is 9.74. The molecule has 0 bridgehead atoms. The number of hydrogen-bond acceptors (Lipinski definition) is 3. The van der Waals surface area contributed by atoms with Crippen molar-refractivity contribution in [3.8, 4) is 0 Å². The zero-order chi connectivity index (χ0) is 13.4. The van der Waals surface area contributed by atoms with E-state index in [-0.39, 0.29) is 12.5 Å². The van der Waals surface area contributed by atoms with Crippen LogP contribution < -0.4 is 5.43 Å². The van der Waals surface area contributed by atoms with Gasteiger partial charge < -0.3 is 0 Å². The van der Waals surface area contributed by atoms with Crippen LogP contribution in [0.2, 0.25) is 0 Å². The molecular weight excluding hydrogens is 240 g/mol. The summed E-state index contributed by atoms with van der Waals surface area (Å²) in [4.78, 5) is 11.8. The SMILES string of the molecule is Cc1cc(C)n(CC(=O)N/N=C2/CC3C=CCC23)n1. The van der Waals surface area contributed by atoms with Crippen molar-refractivity contribution >= 4 is 11.6 Å². The minimum absolute atomic E-state index is 0.117. The minimum atomic E-state index is -0.117. The quantitative estimate of drug-likeness (QED) is 0.661. The van der Waals surface area contributed by atoms with Crippen LogP contribution in [-0.4, -0.2) is 21.4 Å². The Labute approximate surface area is 112 Å². The van der Waals surface area contributed by atoms with E-state index in [0.717, 1.165) is 29.9 Å². The molecule has 0 saturated heterocycles. The van der Waals surface area contributed by atoms with Crippen LogP contribution in [0.25, 0.3) is 0 Å². The van der Waals surface area contributed by atoms with Gasteiger partial charge in [0.1, 0.15) is 6.54 Å². The Morgan fingerprint density at radius 2 is 2.42 bits per heavy atom. The molecule has 2 aliphatic rings. The first-order valence-electron chi connectivity index (χ1n) is 6.66. The Balaban J connectivity index is 1.55. The summed E-state index contributed by atoms with van der Waals surface area (Å²) in [7, 11) is 0. The molecule has 1 saturated carbocycles. The zero-order valence-corrected chi connectivity index (χ0v) is 11.3. The van der Waals surface area contributed by atoms with E-state index < -0.39 is 0 Å². The third-order valence-corrected chi connectivity index (χ3v) is 3.88. The fourth-order valence-corrected chi connectivity index (χ4v) is 2.80. The first-order chi connectivity index (χ1) is 9.13. The van der Waals surface area contributed by atoms with Gasteiger partial charge in [-0.3, -0.25) is 9.48 Å². The van der Waals surface area contributed by atoms with Gasteiger partial charge in [-0.2, -0.15) is 10.2 Å². The molecule has 2 aliphatic carbocycles. The number of rotatable bonds is 3. The van der Waals surface area contributed by atoms with Crippen molar-refractivity contribution < 1.29 is 4.79 Å². The fourth-order valence-electron chi connectivity index (χ4n) is 2.80. The van der Waals surface area contributed by atoms with Gasteiger partial charge in [0.05, 0.1) is 5.69 Å². The average Bonchev–Trinajstić information content (AvgIpc) is 2.83. The highest BCUT2D eigenvalue weighted by atomic mass is 16.2. The van der Waals surface area contributed by atoms with Gasteiger partial charge in [-0.25, -0.2) is 5.43 Å². The number of nitrogens with zero attached hydrogens (tertiary/aromatic N) is 3. The van der Waals surface area contributed by atoms with E-state index in [4.69, 9.17) is 0 Å². The second-order valence-corrected chi connectivity index (χ2v) is 5.36. The molecule has 2 atom stereocenters. The van der Waals surface area contributed by atoms with E-state index in [2.05, 4.69) is 27.8 Å². The molecule has 2 unspecified atom stereocenters. The lowest BCUT2D eigenvalue weighted by Crippen LogP contribution is -2.36. The number of allylic oxidation sites excluding steroid dienone is 2. The molecule has 1 fully saturated rings. The lowest BCUT2D eigenvalue weighted by molar-refractivity contribution is -0.121. The number of hydrazone groups is 1. The molecule has 1 amide bonds. The van der Waals surface area contributed by atoms with Crippen molar-refractivity contribution in [3.63, 3.8) is 0 Å². The van der Waals surface area contributed by atoms with E-state index in [1.54, 1.807) is 4.68 Å². The van der Waals surface area contributed by atoms with Gasteiger partial charge in [0, 0.05) is 17.3 Å². The second kappa shape index (κ2) is 4.64. The lowest BCUT2D eigenvalue weighted by Gasteiger charge is -2.31. The first kappa shape index (κ1) is 12.1. The van der Waals surface area contributed by atoms with Crippen LogP contribution in [0.1, 0.15) is 24.2 Å². The predicted molar refractivity (Wildman–Crippen MR) is 72.6 cm³/mol. The highest BCUT2D eigenvalue weighted by Crippen LogP contribution is 2.39. The van der Waals surface area contributed by atoms with Gasteiger partial charge in [-0.1, -0.05) is 12.2 Å². The van der Waals surface area contributed by atoms with E-state index in [9.17, 15) is 4.79 Å². The third kappa shape index (κ3) is 2.32. The van der Waals surface area contributed by atoms with Gasteiger partial charge in [0.15, 0.2) is 0 Å². The maximum Gasteiger partial charge on any atom is 0.261 e. The van der Waals surface area contributed by atoms with E-state index in [0.29, 0.717) is 11.8 Å². The molecule has 1 N–H and O–H groups in total. The smallest absolute Gasteiger partial charge is 0.261 e. The zero-order valence-electron chi connectivity index (χ0n) is 11.3. The average molecular weight is 258 g/mol. The van der Waals surface area contributed by atoms with Crippen molar-refractivity contribution in [3.05, 3.63) is 29.6 Å². The molecule has 0 spiro atoms. The molecular formula is C14H18N4O. The third-order valence-electron chi connectivity index (χ3n) is 3.88. The second-order valence-electron chi connectivity index (χ2n) is 5.36. The van der Waals surface area contributed by atoms with Crippen LogP contribution in [0.4, 0.5) is 0 Å². The van der Waals surface area contributed by atoms with Crippen LogP contribution in [0.3, 0.4) is 0 Å². The van der Waals surface area contributed by atoms with E-state index >= 15 is 0 Å². The number of aryl methyl sites for hydroxylation is 2. The molecule has 1 aromatic rings. The van der Waals surface area contributed by atoms with Gasteiger partial charge in [0.25, 0.3) is 5.91 Å². The van der Waals surface area contributed by atoms with Gasteiger partial charge in [-0.15, -0.1) is 0 Å². The van der Waals surface area contributed by atoms with Crippen molar-refractivity contribution in [2.45, 2.75) is 33.2 Å². The molecule has 5 nitrogen and oxygen atoms in total. The topological polar surface area (TPSA) is 59.3 Å². The van der Waals surface area contributed by atoms with Crippen LogP contribution in [-0.2, 0) is 11.3 Å². The molecule has 0 radical (unpaired) electrons. The maximum atomic E-state index is 11.8. The number of carbonyl (C=O) groups excluding carboxylic acids is 1. The molecule has 0 aliphatic heterocycles. The summed E-state index contributed by atoms with van der Waals surface area (Å²) >= 11 is 0. The van der Waals surface area contributed by atoms with Crippen molar-refractivity contribution in [1.29, 1.82) is 0 Å². The van der Waals surface area contributed by atoms with Crippen molar-refractivity contribution in [2.75, 3.05) is 0 Å². The van der Waals surface area contributed by atoms with Crippen LogP contribution in [0, 0.1) is 25.7 Å². The summed E-state index contributed by atoms with van der Waals surface area (Å²) < 4.78 is 1.70. The highest BCUT2D eigenvalue weighted by molar-refractivity contribution is 5.94. The normalized spacial score (nSPS) is 26.3. The molecule has 0 aromatic carbocycles. The number of aromatic nitrogens is 2. The van der Waals surface area contributed by atoms with Gasteiger partial charge in [0.2, 0.25) is 0 Å². The summed E-state index contributed by atoms with van der Waals surface area (Å²) in [5.41, 5.74) is 5.68. The Hall–Kier alpha value is -1.91. The number of amides is 1. The molecule has 1 aromatic heterocycles. The summed E-state index contributed by atoms with van der Waals surface area (Å²) in [5.74, 6) is 1.08. The van der Waals surface area contributed by atoms with Crippen molar-refractivity contribution in [1.82, 2.24) is 15.2 Å². The molecule has 100 valence electrons. The highest BCUT2D eigenvalue weighted by Gasteiger charge is 2.37. The Morgan fingerprint density at radius 3 is 3.11 bits per heavy atom. The Bertz CT molecular complexity index is 570. The van der Waals surface area contributed by atoms with Crippen LogP contribution >= 0.6 is 0 Å². The molecule has 3 rings (SSSR count). The summed E-state index contributed by atoms with van der Waals surface area (Å²) in [6.45, 7) is 4.09.